The van der Waals surface area contributed by atoms with Crippen LogP contribution in [0.3, 0.4) is 0 Å². The van der Waals surface area contributed by atoms with Crippen molar-refractivity contribution in [3.63, 3.8) is 0 Å². The van der Waals surface area contributed by atoms with Gasteiger partial charge in [-0.25, -0.2) is 0 Å². The van der Waals surface area contributed by atoms with Crippen LogP contribution in [0.2, 0.25) is 0 Å². The standard InChI is InChI=1S/C54H34N2O/c1-3-14-35(15-4-1)36-16-13-17-37(30-36)40-32-47-45-22-9-12-25-53(45)57-54(47)52(34-40)56-49-24-11-8-21-43(49)46-31-38(27-29-50(46)56)39-26-28-44-42-20-7-10-23-48(42)55(51(44)33-39)41-18-5-2-6-19-41/h1-34H. The third kappa shape index (κ3) is 4.92. The average molecular weight is 727 g/mol. The number of aromatic nitrogens is 2. The molecule has 0 radical (unpaired) electrons. The number of fused-ring (bicyclic) bond motifs is 9. The minimum absolute atomic E-state index is 0.880. The van der Waals surface area contributed by atoms with Crippen LogP contribution in [0.5, 0.6) is 0 Å². The third-order valence-electron chi connectivity index (χ3n) is 11.7. The number of rotatable bonds is 5. The van der Waals surface area contributed by atoms with Gasteiger partial charge in [-0.1, -0.05) is 140 Å². The molecule has 0 fully saturated rings. The number of benzene rings is 9. The van der Waals surface area contributed by atoms with Crippen LogP contribution in [0.1, 0.15) is 0 Å². The summed E-state index contributed by atoms with van der Waals surface area (Å²) in [6.45, 7) is 0. The lowest BCUT2D eigenvalue weighted by Crippen LogP contribution is -1.96. The van der Waals surface area contributed by atoms with Gasteiger partial charge in [0.1, 0.15) is 5.58 Å². The van der Waals surface area contributed by atoms with E-state index in [0.717, 1.165) is 55.5 Å². The summed E-state index contributed by atoms with van der Waals surface area (Å²) in [4.78, 5) is 0. The highest BCUT2D eigenvalue weighted by Crippen LogP contribution is 2.42. The van der Waals surface area contributed by atoms with E-state index in [2.05, 4.69) is 209 Å². The van der Waals surface area contributed by atoms with Gasteiger partial charge in [0.2, 0.25) is 0 Å². The summed E-state index contributed by atoms with van der Waals surface area (Å²) in [7, 11) is 0. The molecular formula is C54H34N2O. The average Bonchev–Trinajstić information content (AvgIpc) is 3.94. The normalized spacial score (nSPS) is 11.9. The third-order valence-corrected chi connectivity index (χ3v) is 11.7. The van der Waals surface area contributed by atoms with Crippen molar-refractivity contribution in [2.45, 2.75) is 0 Å². The molecule has 3 aromatic heterocycles. The molecule has 3 heteroatoms. The Hall–Kier alpha value is -7.62. The molecule has 3 heterocycles. The van der Waals surface area contributed by atoms with Crippen molar-refractivity contribution in [1.82, 2.24) is 9.13 Å². The van der Waals surface area contributed by atoms with Crippen LogP contribution in [0.15, 0.2) is 211 Å². The monoisotopic (exact) mass is 726 g/mol. The maximum absolute atomic E-state index is 6.77. The van der Waals surface area contributed by atoms with Crippen LogP contribution in [-0.2, 0) is 0 Å². The number of hydrogen-bond acceptors (Lipinski definition) is 1. The second kappa shape index (κ2) is 12.5. The van der Waals surface area contributed by atoms with Crippen LogP contribution in [0.4, 0.5) is 0 Å². The molecule has 0 saturated carbocycles. The number of furan rings is 1. The lowest BCUT2D eigenvalue weighted by atomic mass is 9.97. The van der Waals surface area contributed by atoms with E-state index in [1.165, 1.54) is 54.8 Å². The Kier molecular flexibility index (Phi) is 6.93. The lowest BCUT2D eigenvalue weighted by Gasteiger charge is -2.13. The molecule has 0 spiro atoms. The van der Waals surface area contributed by atoms with E-state index < -0.39 is 0 Å². The maximum Gasteiger partial charge on any atom is 0.159 e. The van der Waals surface area contributed by atoms with Crippen molar-refractivity contribution in [2.24, 2.45) is 0 Å². The van der Waals surface area contributed by atoms with Crippen molar-refractivity contribution in [1.29, 1.82) is 0 Å². The summed E-state index contributed by atoms with van der Waals surface area (Å²) in [5.41, 5.74) is 15.7. The van der Waals surface area contributed by atoms with Gasteiger partial charge < -0.3 is 13.6 Å². The summed E-state index contributed by atoms with van der Waals surface area (Å²) in [6, 6.07) is 74.5. The predicted molar refractivity (Wildman–Crippen MR) is 239 cm³/mol. The molecule has 57 heavy (non-hydrogen) atoms. The Bertz CT molecular complexity index is 3510. The zero-order valence-corrected chi connectivity index (χ0v) is 30.9. The fourth-order valence-corrected chi connectivity index (χ4v) is 9.07. The Labute approximate surface area is 328 Å². The van der Waals surface area contributed by atoms with Crippen LogP contribution >= 0.6 is 0 Å². The number of nitrogens with zero attached hydrogens (tertiary/aromatic N) is 2. The molecule has 0 aliphatic carbocycles. The molecule has 0 bridgehead atoms. The Morgan fingerprint density at radius 3 is 1.63 bits per heavy atom. The van der Waals surface area contributed by atoms with E-state index in [9.17, 15) is 0 Å². The zero-order chi connectivity index (χ0) is 37.5. The molecule has 0 aliphatic heterocycles. The van der Waals surface area contributed by atoms with Gasteiger partial charge in [-0.05, 0) is 100 Å². The molecule has 0 saturated heterocycles. The van der Waals surface area contributed by atoms with E-state index in [-0.39, 0.29) is 0 Å². The first kappa shape index (κ1) is 31.7. The smallest absolute Gasteiger partial charge is 0.159 e. The first-order valence-electron chi connectivity index (χ1n) is 19.5. The largest absolute Gasteiger partial charge is 0.454 e. The Morgan fingerprint density at radius 1 is 0.281 bits per heavy atom. The molecule has 12 rings (SSSR count). The van der Waals surface area contributed by atoms with Crippen molar-refractivity contribution in [3.05, 3.63) is 206 Å². The van der Waals surface area contributed by atoms with Crippen molar-refractivity contribution >= 4 is 65.6 Å². The highest BCUT2D eigenvalue weighted by molar-refractivity contribution is 6.15. The maximum atomic E-state index is 6.77. The van der Waals surface area contributed by atoms with Gasteiger partial charge in [0, 0.05) is 38.0 Å². The Morgan fingerprint density at radius 2 is 0.825 bits per heavy atom. The van der Waals surface area contributed by atoms with Gasteiger partial charge in [0.15, 0.2) is 5.58 Å². The van der Waals surface area contributed by atoms with E-state index in [4.69, 9.17) is 4.42 Å². The van der Waals surface area contributed by atoms with Crippen molar-refractivity contribution < 1.29 is 4.42 Å². The van der Waals surface area contributed by atoms with E-state index >= 15 is 0 Å². The minimum atomic E-state index is 0.880. The van der Waals surface area contributed by atoms with Crippen LogP contribution in [-0.4, -0.2) is 9.13 Å². The van der Waals surface area contributed by atoms with Crippen LogP contribution in [0, 0.1) is 0 Å². The van der Waals surface area contributed by atoms with Crippen molar-refractivity contribution in [2.75, 3.05) is 0 Å². The second-order valence-electron chi connectivity index (χ2n) is 14.9. The fourth-order valence-electron chi connectivity index (χ4n) is 9.07. The van der Waals surface area contributed by atoms with Crippen LogP contribution in [0.25, 0.3) is 110 Å². The van der Waals surface area contributed by atoms with E-state index in [1.807, 2.05) is 6.07 Å². The molecule has 0 aliphatic rings. The molecule has 12 aromatic rings. The van der Waals surface area contributed by atoms with E-state index in [0.29, 0.717) is 0 Å². The zero-order valence-electron chi connectivity index (χ0n) is 30.9. The molecule has 0 N–H and O–H groups in total. The van der Waals surface area contributed by atoms with Gasteiger partial charge in [0.05, 0.1) is 27.8 Å². The minimum Gasteiger partial charge on any atom is -0.454 e. The highest BCUT2D eigenvalue weighted by Gasteiger charge is 2.21. The molecule has 0 amide bonds. The summed E-state index contributed by atoms with van der Waals surface area (Å²) in [5.74, 6) is 0. The number of para-hydroxylation sites is 4. The first-order chi connectivity index (χ1) is 28.3. The van der Waals surface area contributed by atoms with Gasteiger partial charge >= 0.3 is 0 Å². The van der Waals surface area contributed by atoms with Crippen LogP contribution < -0.4 is 0 Å². The molecule has 9 aromatic carbocycles. The first-order valence-corrected chi connectivity index (χ1v) is 19.5. The topological polar surface area (TPSA) is 23.0 Å². The number of hydrogen-bond donors (Lipinski definition) is 0. The second-order valence-corrected chi connectivity index (χ2v) is 14.9. The summed E-state index contributed by atoms with van der Waals surface area (Å²) >= 11 is 0. The van der Waals surface area contributed by atoms with Gasteiger partial charge in [-0.15, -0.1) is 0 Å². The fraction of sp³-hybridized carbons (Fsp3) is 0. The predicted octanol–water partition coefficient (Wildman–Crippen LogP) is 14.8. The van der Waals surface area contributed by atoms with Gasteiger partial charge in [-0.2, -0.15) is 0 Å². The summed E-state index contributed by atoms with van der Waals surface area (Å²) in [5, 5.41) is 7.13. The van der Waals surface area contributed by atoms with Gasteiger partial charge in [0.25, 0.3) is 0 Å². The molecule has 0 atom stereocenters. The SMILES string of the molecule is c1ccc(-c2cccc(-c3cc(-n4c5ccccc5c5cc(-c6ccc7c8ccccc8n(-c8ccccc8)c7c6)ccc54)c4oc5ccccc5c4c3)c2)cc1. The molecule has 3 nitrogen and oxygen atoms in total. The Balaban J connectivity index is 1.08. The highest BCUT2D eigenvalue weighted by atomic mass is 16.3. The van der Waals surface area contributed by atoms with E-state index in [1.54, 1.807) is 0 Å². The molecular weight excluding hydrogens is 693 g/mol. The quantitative estimate of drug-likeness (QED) is 0.173. The summed E-state index contributed by atoms with van der Waals surface area (Å²) in [6.07, 6.45) is 0. The lowest BCUT2D eigenvalue weighted by molar-refractivity contribution is 0.666. The molecule has 0 unspecified atom stereocenters. The van der Waals surface area contributed by atoms with Gasteiger partial charge in [-0.3, -0.25) is 0 Å². The molecule has 266 valence electrons. The van der Waals surface area contributed by atoms with Crippen molar-refractivity contribution in [3.8, 4) is 44.8 Å². The summed E-state index contributed by atoms with van der Waals surface area (Å²) < 4.78 is 11.6.